The van der Waals surface area contributed by atoms with Crippen LogP contribution in [-0.4, -0.2) is 14.5 Å². The molecule has 4 nitrogen and oxygen atoms in total. The molecule has 5 heteroatoms. The van der Waals surface area contributed by atoms with E-state index in [2.05, 4.69) is 70.1 Å². The van der Waals surface area contributed by atoms with Crippen molar-refractivity contribution in [3.8, 4) is 6.07 Å². The maximum atomic E-state index is 13.5. The number of para-hydroxylation sites is 1. The molecule has 0 aliphatic rings. The number of aryl methyl sites for hydroxylation is 1. The van der Waals surface area contributed by atoms with Crippen LogP contribution in [0.2, 0.25) is 0 Å². The summed E-state index contributed by atoms with van der Waals surface area (Å²) in [5.74, 6) is 0.0860. The summed E-state index contributed by atoms with van der Waals surface area (Å²) in [6.07, 6.45) is 3.90. The van der Waals surface area contributed by atoms with Gasteiger partial charge in [-0.3, -0.25) is 0 Å². The molecule has 2 heterocycles. The summed E-state index contributed by atoms with van der Waals surface area (Å²) in [6.45, 7) is 2.81. The summed E-state index contributed by atoms with van der Waals surface area (Å²) in [4.78, 5) is 7.52. The number of allylic oxidation sites excluding steroid dienone is 1. The molecule has 3 aromatic carbocycles. The van der Waals surface area contributed by atoms with Gasteiger partial charge in [0.1, 0.15) is 17.7 Å². The van der Waals surface area contributed by atoms with Crippen molar-refractivity contribution in [2.75, 3.05) is 0 Å². The molecule has 0 saturated heterocycles. The minimum absolute atomic E-state index is 0.343. The molecule has 5 rings (SSSR count). The Morgan fingerprint density at radius 3 is 2.74 bits per heavy atom. The molecule has 0 fully saturated rings. The van der Waals surface area contributed by atoms with Crippen molar-refractivity contribution in [2.24, 2.45) is 0 Å². The first kappa shape index (κ1) is 18.8. The van der Waals surface area contributed by atoms with Gasteiger partial charge in [-0.15, -0.1) is 0 Å². The largest absolute Gasteiger partial charge is 0.342 e. The Labute approximate surface area is 178 Å². The number of benzene rings is 3. The van der Waals surface area contributed by atoms with E-state index >= 15 is 0 Å². The quantitative estimate of drug-likeness (QED) is 0.368. The number of imidazole rings is 1. The van der Waals surface area contributed by atoms with Crippen LogP contribution in [-0.2, 0) is 6.54 Å². The maximum absolute atomic E-state index is 13.5. The van der Waals surface area contributed by atoms with Gasteiger partial charge >= 0.3 is 0 Å². The number of hydrogen-bond acceptors (Lipinski definition) is 2. The molecule has 31 heavy (non-hydrogen) atoms. The van der Waals surface area contributed by atoms with Crippen LogP contribution in [0.4, 0.5) is 4.39 Å². The van der Waals surface area contributed by atoms with Crippen LogP contribution >= 0.6 is 0 Å². The van der Waals surface area contributed by atoms with E-state index in [-0.39, 0.29) is 5.82 Å². The van der Waals surface area contributed by atoms with Crippen molar-refractivity contribution in [2.45, 2.75) is 13.5 Å². The number of halogens is 1. The summed E-state index contributed by atoms with van der Waals surface area (Å²) < 4.78 is 15.7. The van der Waals surface area contributed by atoms with Crippen LogP contribution in [0.15, 0.2) is 72.9 Å². The van der Waals surface area contributed by atoms with Crippen molar-refractivity contribution in [1.29, 1.82) is 5.26 Å². The number of rotatable bonds is 4. The molecule has 0 bridgehead atoms. The Kier molecular flexibility index (Phi) is 4.61. The second-order valence-corrected chi connectivity index (χ2v) is 7.63. The highest BCUT2D eigenvalue weighted by Gasteiger charge is 2.12. The third kappa shape index (κ3) is 3.60. The molecule has 0 radical (unpaired) electrons. The van der Waals surface area contributed by atoms with E-state index in [1.165, 1.54) is 23.3 Å². The summed E-state index contributed by atoms with van der Waals surface area (Å²) in [6, 6.07) is 23.2. The Hall–Kier alpha value is -4.17. The van der Waals surface area contributed by atoms with Gasteiger partial charge < -0.3 is 9.55 Å². The fourth-order valence-electron chi connectivity index (χ4n) is 3.83. The molecular formula is C26H19FN4. The minimum atomic E-state index is -0.343. The fraction of sp³-hybridized carbons (Fsp3) is 0.0769. The van der Waals surface area contributed by atoms with Gasteiger partial charge in [0, 0.05) is 29.2 Å². The van der Waals surface area contributed by atoms with E-state index in [0.717, 1.165) is 23.0 Å². The number of aromatic nitrogens is 3. The highest BCUT2D eigenvalue weighted by molar-refractivity contribution is 5.98. The smallest absolute Gasteiger partial charge is 0.149 e. The molecule has 0 aliphatic carbocycles. The van der Waals surface area contributed by atoms with E-state index < -0.39 is 0 Å². The second kappa shape index (κ2) is 7.58. The van der Waals surface area contributed by atoms with Crippen LogP contribution in [0.3, 0.4) is 0 Å². The predicted molar refractivity (Wildman–Crippen MR) is 122 cm³/mol. The zero-order chi connectivity index (χ0) is 21.4. The molecule has 0 amide bonds. The molecule has 0 atom stereocenters. The highest BCUT2D eigenvalue weighted by Crippen LogP contribution is 2.27. The summed E-state index contributed by atoms with van der Waals surface area (Å²) in [5, 5.41) is 10.9. The minimum Gasteiger partial charge on any atom is -0.342 e. The van der Waals surface area contributed by atoms with Crippen molar-refractivity contribution in [1.82, 2.24) is 14.5 Å². The van der Waals surface area contributed by atoms with Gasteiger partial charge in [-0.2, -0.15) is 5.26 Å². The first-order chi connectivity index (χ1) is 15.1. The lowest BCUT2D eigenvalue weighted by Crippen LogP contribution is -1.97. The average molecular weight is 406 g/mol. The summed E-state index contributed by atoms with van der Waals surface area (Å²) in [5.41, 5.74) is 6.06. The van der Waals surface area contributed by atoms with Crippen LogP contribution < -0.4 is 0 Å². The van der Waals surface area contributed by atoms with E-state index in [1.54, 1.807) is 6.07 Å². The van der Waals surface area contributed by atoms with Crippen molar-refractivity contribution in [3.05, 3.63) is 101 Å². The average Bonchev–Trinajstić information content (AvgIpc) is 3.35. The van der Waals surface area contributed by atoms with Gasteiger partial charge in [-0.1, -0.05) is 48.0 Å². The molecule has 0 spiro atoms. The third-order valence-corrected chi connectivity index (χ3v) is 5.41. The summed E-state index contributed by atoms with van der Waals surface area (Å²) in [7, 11) is 0. The first-order valence-electron chi connectivity index (χ1n) is 10.0. The zero-order valence-corrected chi connectivity index (χ0v) is 16.9. The molecule has 5 aromatic rings. The molecule has 1 N–H and O–H groups in total. The van der Waals surface area contributed by atoms with Crippen molar-refractivity contribution in [3.63, 3.8) is 0 Å². The van der Waals surface area contributed by atoms with Gasteiger partial charge in [0.15, 0.2) is 0 Å². The molecule has 150 valence electrons. The molecule has 0 unspecified atom stereocenters. The monoisotopic (exact) mass is 406 g/mol. The van der Waals surface area contributed by atoms with Crippen LogP contribution in [0.25, 0.3) is 33.6 Å². The van der Waals surface area contributed by atoms with Crippen molar-refractivity contribution >= 4 is 33.6 Å². The lowest BCUT2D eigenvalue weighted by Gasteiger charge is -2.06. The van der Waals surface area contributed by atoms with E-state index in [4.69, 9.17) is 0 Å². The fourth-order valence-corrected chi connectivity index (χ4v) is 3.83. The number of fused-ring (bicyclic) bond motifs is 2. The predicted octanol–water partition coefficient (Wildman–Crippen LogP) is 6.08. The van der Waals surface area contributed by atoms with E-state index in [0.29, 0.717) is 22.4 Å². The molecule has 2 aromatic heterocycles. The molecular weight excluding hydrogens is 387 g/mol. The SMILES string of the molecule is Cc1ccc(Cn2cc(/C=C(/C#N)c3nc4ccc(F)cc4[nH]3)c3ccccc32)cc1. The van der Waals surface area contributed by atoms with Crippen LogP contribution in [0.1, 0.15) is 22.5 Å². The second-order valence-electron chi connectivity index (χ2n) is 7.63. The van der Waals surface area contributed by atoms with Gasteiger partial charge in [0.25, 0.3) is 0 Å². The van der Waals surface area contributed by atoms with Gasteiger partial charge in [-0.25, -0.2) is 9.37 Å². The third-order valence-electron chi connectivity index (χ3n) is 5.41. The Bertz CT molecular complexity index is 1480. The number of nitrogens with one attached hydrogen (secondary N) is 1. The number of aromatic amines is 1. The normalized spacial score (nSPS) is 11.8. The van der Waals surface area contributed by atoms with Crippen LogP contribution in [0.5, 0.6) is 0 Å². The van der Waals surface area contributed by atoms with Gasteiger partial charge in [0.05, 0.1) is 16.6 Å². The maximum Gasteiger partial charge on any atom is 0.149 e. The van der Waals surface area contributed by atoms with Crippen LogP contribution in [0, 0.1) is 24.1 Å². The summed E-state index contributed by atoms with van der Waals surface area (Å²) >= 11 is 0. The molecule has 0 aliphatic heterocycles. The van der Waals surface area contributed by atoms with E-state index in [1.807, 2.05) is 18.2 Å². The van der Waals surface area contributed by atoms with E-state index in [9.17, 15) is 9.65 Å². The number of nitrogens with zero attached hydrogens (tertiary/aromatic N) is 3. The Morgan fingerprint density at radius 1 is 1.13 bits per heavy atom. The molecule has 0 saturated carbocycles. The first-order valence-corrected chi connectivity index (χ1v) is 10.0. The van der Waals surface area contributed by atoms with Gasteiger partial charge in [-0.05, 0) is 42.8 Å². The zero-order valence-electron chi connectivity index (χ0n) is 16.9. The number of nitriles is 1. The number of hydrogen-bond donors (Lipinski definition) is 1. The lowest BCUT2D eigenvalue weighted by atomic mass is 10.1. The number of H-pyrrole nitrogens is 1. The van der Waals surface area contributed by atoms with Crippen molar-refractivity contribution < 1.29 is 4.39 Å². The Morgan fingerprint density at radius 2 is 1.94 bits per heavy atom. The Balaban J connectivity index is 1.59. The van der Waals surface area contributed by atoms with Gasteiger partial charge in [0.2, 0.25) is 0 Å². The lowest BCUT2D eigenvalue weighted by molar-refractivity contribution is 0.629. The highest BCUT2D eigenvalue weighted by atomic mass is 19.1. The topological polar surface area (TPSA) is 57.4 Å². The standard InChI is InChI=1S/C26H19FN4/c1-17-6-8-18(9-7-17)15-31-16-20(22-4-2-3-5-25(22)31)12-19(14-28)26-29-23-11-10-21(27)13-24(23)30-26/h2-13,16H,15H2,1H3,(H,29,30)/b19-12-.